The first-order chi connectivity index (χ1) is 24.8. The molecule has 0 bridgehead atoms. The molecule has 3 aliphatic rings. The molecule has 1 aromatic heterocycles. The standard InChI is InChI=1S/C45H37N5/c1-3-9-30(10-4-1)36-25-42(33-11-5-2-6-12-33)50-43(26-36)38-22-35(31-15-17-32(18-16-31)39-27-46-29-47-28-39)21-37(23-38)41-24-34-13-7-19-48-44(34)45-40(41)14-8-20-49-45/h1-7,9-13,15-19,21-27,29,43,49-50H,8,14,20,28H2,(H,46,47). The second-order valence-corrected chi connectivity index (χ2v) is 13.2. The van der Waals surface area contributed by atoms with Crippen molar-refractivity contribution in [1.29, 1.82) is 0 Å². The Kier molecular flexibility index (Phi) is 7.78. The Bertz CT molecular complexity index is 2330. The van der Waals surface area contributed by atoms with Crippen molar-refractivity contribution in [1.82, 2.24) is 15.6 Å². The number of aromatic nitrogens is 1. The number of fused-ring (bicyclic) bond motifs is 3. The summed E-state index contributed by atoms with van der Waals surface area (Å²) in [5, 5.41) is 12.0. The number of hydrogen-bond donors (Lipinski definition) is 3. The van der Waals surface area contributed by atoms with Gasteiger partial charge in [-0.05, 0) is 117 Å². The van der Waals surface area contributed by atoms with Gasteiger partial charge < -0.3 is 16.0 Å². The van der Waals surface area contributed by atoms with Gasteiger partial charge in [0.25, 0.3) is 0 Å². The van der Waals surface area contributed by atoms with Gasteiger partial charge in [-0.1, -0.05) is 91.0 Å². The molecule has 0 saturated heterocycles. The van der Waals surface area contributed by atoms with E-state index in [1.165, 1.54) is 66.9 Å². The molecule has 4 heterocycles. The summed E-state index contributed by atoms with van der Waals surface area (Å²) >= 11 is 0. The first kappa shape index (κ1) is 29.9. The van der Waals surface area contributed by atoms with E-state index in [1.54, 1.807) is 6.34 Å². The normalized spacial score (nSPS) is 16.6. The Hall–Kier alpha value is -6.20. The molecule has 0 amide bonds. The molecule has 0 saturated carbocycles. The summed E-state index contributed by atoms with van der Waals surface area (Å²) in [6.07, 6.45) is 12.4. The fourth-order valence-electron chi connectivity index (χ4n) is 7.45. The predicted octanol–water partition coefficient (Wildman–Crippen LogP) is 9.67. The third-order valence-electron chi connectivity index (χ3n) is 9.96. The van der Waals surface area contributed by atoms with Gasteiger partial charge in [0.05, 0.1) is 23.6 Å². The van der Waals surface area contributed by atoms with Crippen molar-refractivity contribution < 1.29 is 0 Å². The van der Waals surface area contributed by atoms with Crippen LogP contribution in [0.3, 0.4) is 0 Å². The first-order valence-corrected chi connectivity index (χ1v) is 17.4. The highest BCUT2D eigenvalue weighted by atomic mass is 15.0. The minimum atomic E-state index is -0.0456. The lowest BCUT2D eigenvalue weighted by atomic mass is 9.86. The summed E-state index contributed by atoms with van der Waals surface area (Å²) < 4.78 is 0. The van der Waals surface area contributed by atoms with Gasteiger partial charge in [0.2, 0.25) is 0 Å². The van der Waals surface area contributed by atoms with E-state index in [9.17, 15) is 0 Å². The van der Waals surface area contributed by atoms with Gasteiger partial charge in [0, 0.05) is 36.6 Å². The molecule has 0 aliphatic carbocycles. The molecular weight excluding hydrogens is 611 g/mol. The molecule has 3 N–H and O–H groups in total. The van der Waals surface area contributed by atoms with Gasteiger partial charge in [0.15, 0.2) is 0 Å². The molecule has 1 atom stereocenters. The number of allylic oxidation sites excluding steroid dienone is 2. The molecule has 5 aromatic carbocycles. The van der Waals surface area contributed by atoms with Crippen LogP contribution in [0, 0.1) is 0 Å². The Morgan fingerprint density at radius 1 is 0.680 bits per heavy atom. The number of benzene rings is 5. The fourth-order valence-corrected chi connectivity index (χ4v) is 7.45. The number of rotatable bonds is 6. The molecule has 1 unspecified atom stereocenters. The molecule has 9 rings (SSSR count). The van der Waals surface area contributed by atoms with Crippen LogP contribution in [-0.2, 0) is 6.42 Å². The van der Waals surface area contributed by atoms with Crippen LogP contribution in [0.2, 0.25) is 0 Å². The molecule has 0 radical (unpaired) electrons. The smallest absolute Gasteiger partial charge is 0.0936 e. The number of dihydropyridines is 1. The maximum atomic E-state index is 4.80. The molecule has 50 heavy (non-hydrogen) atoms. The average Bonchev–Trinajstić information content (AvgIpc) is 3.21. The van der Waals surface area contributed by atoms with Crippen molar-refractivity contribution in [2.24, 2.45) is 4.99 Å². The molecule has 242 valence electrons. The summed E-state index contributed by atoms with van der Waals surface area (Å²) in [7, 11) is 0. The van der Waals surface area contributed by atoms with Crippen LogP contribution in [0.5, 0.6) is 0 Å². The van der Waals surface area contributed by atoms with Crippen molar-refractivity contribution in [2.75, 3.05) is 18.4 Å². The molecular formula is C45H37N5. The zero-order chi connectivity index (χ0) is 33.3. The maximum Gasteiger partial charge on any atom is 0.0936 e. The van der Waals surface area contributed by atoms with E-state index in [0.717, 1.165) is 42.5 Å². The van der Waals surface area contributed by atoms with Gasteiger partial charge in [-0.25, -0.2) is 4.99 Å². The van der Waals surface area contributed by atoms with E-state index in [-0.39, 0.29) is 6.04 Å². The van der Waals surface area contributed by atoms with E-state index < -0.39 is 0 Å². The van der Waals surface area contributed by atoms with Crippen LogP contribution in [-0.4, -0.2) is 24.4 Å². The van der Waals surface area contributed by atoms with Crippen molar-refractivity contribution in [3.05, 3.63) is 174 Å². The van der Waals surface area contributed by atoms with Crippen molar-refractivity contribution >= 4 is 39.8 Å². The highest BCUT2D eigenvalue weighted by Crippen LogP contribution is 2.41. The molecule has 5 heteroatoms. The van der Waals surface area contributed by atoms with Gasteiger partial charge in [0.1, 0.15) is 0 Å². The monoisotopic (exact) mass is 647 g/mol. The second-order valence-electron chi connectivity index (χ2n) is 13.2. The van der Waals surface area contributed by atoms with Gasteiger partial charge in [-0.2, -0.15) is 0 Å². The minimum absolute atomic E-state index is 0.0456. The molecule has 6 aromatic rings. The van der Waals surface area contributed by atoms with Crippen molar-refractivity contribution in [2.45, 2.75) is 18.9 Å². The molecule has 5 nitrogen and oxygen atoms in total. The number of nitrogens with one attached hydrogen (secondary N) is 3. The summed E-state index contributed by atoms with van der Waals surface area (Å²) in [6.45, 7) is 1.74. The van der Waals surface area contributed by atoms with E-state index >= 15 is 0 Å². The Labute approximate surface area is 292 Å². The number of pyridine rings is 1. The second kappa shape index (κ2) is 13.0. The van der Waals surface area contributed by atoms with Crippen LogP contribution >= 0.6 is 0 Å². The highest BCUT2D eigenvalue weighted by molar-refractivity contribution is 5.98. The Balaban J connectivity index is 1.22. The van der Waals surface area contributed by atoms with Crippen LogP contribution in [0.15, 0.2) is 151 Å². The number of nitrogens with zero attached hydrogens (tertiary/aromatic N) is 2. The maximum absolute atomic E-state index is 4.80. The van der Waals surface area contributed by atoms with Gasteiger partial charge >= 0.3 is 0 Å². The summed E-state index contributed by atoms with van der Waals surface area (Å²) in [6, 6.07) is 43.9. The summed E-state index contributed by atoms with van der Waals surface area (Å²) in [4.78, 5) is 9.11. The fraction of sp³-hybridized carbons (Fsp3) is 0.111. The zero-order valence-electron chi connectivity index (χ0n) is 27.7. The molecule has 0 fully saturated rings. The predicted molar refractivity (Wildman–Crippen MR) is 209 cm³/mol. The van der Waals surface area contributed by atoms with Gasteiger partial charge in [-0.15, -0.1) is 0 Å². The van der Waals surface area contributed by atoms with E-state index in [1.807, 2.05) is 18.5 Å². The van der Waals surface area contributed by atoms with Crippen LogP contribution in [0.1, 0.15) is 40.3 Å². The average molecular weight is 648 g/mol. The minimum Gasteiger partial charge on any atom is -0.383 e. The lowest BCUT2D eigenvalue weighted by Crippen LogP contribution is -2.22. The zero-order valence-corrected chi connectivity index (χ0v) is 27.7. The van der Waals surface area contributed by atoms with Crippen molar-refractivity contribution in [3.63, 3.8) is 0 Å². The van der Waals surface area contributed by atoms with E-state index in [2.05, 4.69) is 148 Å². The third-order valence-corrected chi connectivity index (χ3v) is 9.96. The van der Waals surface area contributed by atoms with E-state index in [4.69, 9.17) is 4.98 Å². The lowest BCUT2D eigenvalue weighted by molar-refractivity contribution is 0.767. The number of hydrogen-bond acceptors (Lipinski definition) is 5. The van der Waals surface area contributed by atoms with Gasteiger partial charge in [-0.3, -0.25) is 4.98 Å². The molecule has 0 spiro atoms. The SMILES string of the molecule is C1=NC=C(c2ccc(-c3cc(-c4cc5cccnc5c5c4CCCN5)cc(C4C=C(c5ccccc5)C=C(c5ccccc5)N4)c3)cc2)CN1. The Morgan fingerprint density at radius 2 is 1.46 bits per heavy atom. The van der Waals surface area contributed by atoms with Crippen LogP contribution < -0.4 is 16.0 Å². The lowest BCUT2D eigenvalue weighted by Gasteiger charge is -2.27. The quantitative estimate of drug-likeness (QED) is 0.169. The van der Waals surface area contributed by atoms with Crippen LogP contribution in [0.4, 0.5) is 5.69 Å². The topological polar surface area (TPSA) is 61.3 Å². The largest absolute Gasteiger partial charge is 0.383 e. The summed E-state index contributed by atoms with van der Waals surface area (Å²) in [5.74, 6) is 0. The first-order valence-electron chi connectivity index (χ1n) is 17.4. The van der Waals surface area contributed by atoms with E-state index in [0.29, 0.717) is 0 Å². The Morgan fingerprint density at radius 3 is 2.26 bits per heavy atom. The molecule has 3 aliphatic heterocycles. The van der Waals surface area contributed by atoms with Crippen LogP contribution in [0.25, 0.3) is 50.0 Å². The highest BCUT2D eigenvalue weighted by Gasteiger charge is 2.23. The third kappa shape index (κ3) is 5.77. The summed E-state index contributed by atoms with van der Waals surface area (Å²) in [5.41, 5.74) is 16.7. The van der Waals surface area contributed by atoms with Crippen molar-refractivity contribution in [3.8, 4) is 22.3 Å². The number of anilines is 1. The number of aliphatic imine (C=N–C) groups is 1.